The van der Waals surface area contributed by atoms with E-state index >= 15 is 0 Å². The Labute approximate surface area is 151 Å². The van der Waals surface area contributed by atoms with E-state index in [2.05, 4.69) is 10.3 Å². The first kappa shape index (κ1) is 16.2. The highest BCUT2D eigenvalue weighted by Crippen LogP contribution is 2.26. The Morgan fingerprint density at radius 1 is 1.08 bits per heavy atom. The van der Waals surface area contributed by atoms with Crippen molar-refractivity contribution in [2.45, 2.75) is 13.1 Å². The van der Waals surface area contributed by atoms with Crippen LogP contribution in [0.5, 0.6) is 5.75 Å². The van der Waals surface area contributed by atoms with Crippen LogP contribution in [0, 0.1) is 0 Å². The van der Waals surface area contributed by atoms with E-state index in [9.17, 15) is 4.79 Å². The number of benzene rings is 2. The Balaban J connectivity index is 1.39. The van der Waals surface area contributed by atoms with Gasteiger partial charge in [0.1, 0.15) is 12.3 Å². The molecule has 0 spiro atoms. The zero-order chi connectivity index (χ0) is 17.9. The zero-order valence-corrected chi connectivity index (χ0v) is 14.6. The van der Waals surface area contributed by atoms with Gasteiger partial charge in [-0.05, 0) is 30.3 Å². The molecule has 0 aliphatic heterocycles. The van der Waals surface area contributed by atoms with Crippen LogP contribution < -0.4 is 10.1 Å². The number of rotatable bonds is 6. The minimum absolute atomic E-state index is 0.0188. The predicted octanol–water partition coefficient (Wildman–Crippen LogP) is 2.82. The minimum atomic E-state index is -0.0188. The summed E-state index contributed by atoms with van der Waals surface area (Å²) in [5, 5.41) is 3.98. The quantitative estimate of drug-likeness (QED) is 0.583. The lowest BCUT2D eigenvalue weighted by Crippen LogP contribution is -2.30. The molecule has 6 nitrogen and oxygen atoms in total. The van der Waals surface area contributed by atoms with Gasteiger partial charge < -0.3 is 19.2 Å². The van der Waals surface area contributed by atoms with E-state index in [0.717, 1.165) is 27.7 Å². The van der Waals surface area contributed by atoms with Crippen molar-refractivity contribution >= 4 is 27.8 Å². The average molecular weight is 348 g/mol. The summed E-state index contributed by atoms with van der Waals surface area (Å²) in [4.78, 5) is 16.7. The maximum atomic E-state index is 12.3. The lowest BCUT2D eigenvalue weighted by Gasteiger charge is -2.09. The van der Waals surface area contributed by atoms with E-state index in [4.69, 9.17) is 4.74 Å². The minimum Gasteiger partial charge on any atom is -0.496 e. The van der Waals surface area contributed by atoms with Crippen molar-refractivity contribution < 1.29 is 9.53 Å². The van der Waals surface area contributed by atoms with Gasteiger partial charge in [0, 0.05) is 24.7 Å². The summed E-state index contributed by atoms with van der Waals surface area (Å²) in [7, 11) is 1.65. The van der Waals surface area contributed by atoms with Gasteiger partial charge in [0.05, 0.1) is 30.0 Å². The fourth-order valence-electron chi connectivity index (χ4n) is 3.23. The Morgan fingerprint density at radius 3 is 2.81 bits per heavy atom. The Morgan fingerprint density at radius 2 is 1.92 bits per heavy atom. The molecule has 0 radical (unpaired) electrons. The number of aromatic nitrogens is 3. The molecule has 0 saturated heterocycles. The van der Waals surface area contributed by atoms with Crippen LogP contribution in [0.3, 0.4) is 0 Å². The number of methoxy groups -OCH3 is 1. The highest BCUT2D eigenvalue weighted by molar-refractivity contribution is 5.88. The summed E-state index contributed by atoms with van der Waals surface area (Å²) in [5.74, 6) is 0.795. The lowest BCUT2D eigenvalue weighted by molar-refractivity contribution is -0.121. The molecule has 2 aromatic carbocycles. The number of hydrogen-bond acceptors (Lipinski definition) is 3. The molecule has 0 fully saturated rings. The fraction of sp³-hybridized carbons (Fsp3) is 0.200. The van der Waals surface area contributed by atoms with E-state index in [1.54, 1.807) is 7.11 Å². The molecule has 132 valence electrons. The molecule has 2 heterocycles. The van der Waals surface area contributed by atoms with Crippen LogP contribution in [0.25, 0.3) is 21.9 Å². The first-order chi connectivity index (χ1) is 12.8. The van der Waals surface area contributed by atoms with Gasteiger partial charge in [-0.1, -0.05) is 18.2 Å². The number of nitrogens with one attached hydrogen (secondary N) is 1. The van der Waals surface area contributed by atoms with E-state index in [-0.39, 0.29) is 12.5 Å². The fourth-order valence-corrected chi connectivity index (χ4v) is 3.23. The van der Waals surface area contributed by atoms with Gasteiger partial charge >= 0.3 is 0 Å². The number of amides is 1. The van der Waals surface area contributed by atoms with E-state index < -0.39 is 0 Å². The predicted molar refractivity (Wildman–Crippen MR) is 101 cm³/mol. The summed E-state index contributed by atoms with van der Waals surface area (Å²) < 4.78 is 9.34. The first-order valence-electron chi connectivity index (χ1n) is 8.54. The van der Waals surface area contributed by atoms with Crippen LogP contribution in [-0.2, 0) is 17.9 Å². The maximum absolute atomic E-state index is 12.3. The van der Waals surface area contributed by atoms with E-state index in [1.165, 1.54) is 0 Å². The molecular formula is C20H20N4O2. The number of para-hydroxylation sites is 2. The summed E-state index contributed by atoms with van der Waals surface area (Å²) in [6.45, 7) is 1.52. The van der Waals surface area contributed by atoms with E-state index in [1.807, 2.05) is 70.2 Å². The van der Waals surface area contributed by atoms with Crippen LogP contribution >= 0.6 is 0 Å². The van der Waals surface area contributed by atoms with Crippen LogP contribution in [0.4, 0.5) is 0 Å². The molecular weight excluding hydrogens is 328 g/mol. The summed E-state index contributed by atoms with van der Waals surface area (Å²) in [6, 6.07) is 15.8. The number of carbonyl (C=O) groups is 1. The number of nitrogens with zero attached hydrogens (tertiary/aromatic N) is 3. The number of hydrogen-bond donors (Lipinski definition) is 1. The van der Waals surface area contributed by atoms with Crippen molar-refractivity contribution in [2.75, 3.05) is 13.7 Å². The smallest absolute Gasteiger partial charge is 0.240 e. The third kappa shape index (κ3) is 3.01. The first-order valence-corrected chi connectivity index (χ1v) is 8.54. The van der Waals surface area contributed by atoms with Crippen molar-refractivity contribution in [1.82, 2.24) is 19.4 Å². The topological polar surface area (TPSA) is 61.1 Å². The van der Waals surface area contributed by atoms with Crippen molar-refractivity contribution in [2.24, 2.45) is 0 Å². The lowest BCUT2D eigenvalue weighted by atomic mass is 10.2. The molecule has 0 atom stereocenters. The molecule has 0 aliphatic rings. The molecule has 6 heteroatoms. The van der Waals surface area contributed by atoms with Gasteiger partial charge in [0.15, 0.2) is 0 Å². The van der Waals surface area contributed by atoms with Gasteiger partial charge in [-0.2, -0.15) is 0 Å². The highest BCUT2D eigenvalue weighted by Gasteiger charge is 2.09. The van der Waals surface area contributed by atoms with Gasteiger partial charge in [0.25, 0.3) is 0 Å². The largest absolute Gasteiger partial charge is 0.496 e. The SMILES string of the molecule is COc1cccc2c1ccn2CC(=O)NCCn1cnc2ccccc21. The average Bonchev–Trinajstić information content (AvgIpc) is 3.26. The summed E-state index contributed by atoms with van der Waals surface area (Å²) in [5.41, 5.74) is 3.02. The van der Waals surface area contributed by atoms with Crippen LogP contribution in [0.1, 0.15) is 0 Å². The normalized spacial score (nSPS) is 11.1. The van der Waals surface area contributed by atoms with Crippen LogP contribution in [0.2, 0.25) is 0 Å². The second kappa shape index (κ2) is 6.92. The number of ether oxygens (including phenoxy) is 1. The number of imidazole rings is 1. The van der Waals surface area contributed by atoms with Crippen molar-refractivity contribution in [3.8, 4) is 5.75 Å². The van der Waals surface area contributed by atoms with Gasteiger partial charge in [-0.25, -0.2) is 4.98 Å². The Hall–Kier alpha value is -3.28. The van der Waals surface area contributed by atoms with Gasteiger partial charge in [0.2, 0.25) is 5.91 Å². The standard InChI is InChI=1S/C20H20N4O2/c1-26-19-8-4-7-17-15(19)9-11-23(17)13-20(25)21-10-12-24-14-22-16-5-2-3-6-18(16)24/h2-9,11,14H,10,12-13H2,1H3,(H,21,25). The summed E-state index contributed by atoms with van der Waals surface area (Å²) >= 11 is 0. The second-order valence-corrected chi connectivity index (χ2v) is 6.11. The molecule has 0 unspecified atom stereocenters. The third-order valence-corrected chi connectivity index (χ3v) is 4.51. The molecule has 1 amide bonds. The molecule has 0 aliphatic carbocycles. The monoisotopic (exact) mass is 348 g/mol. The van der Waals surface area contributed by atoms with Crippen LogP contribution in [-0.4, -0.2) is 33.7 Å². The van der Waals surface area contributed by atoms with Gasteiger partial charge in [-0.3, -0.25) is 4.79 Å². The number of fused-ring (bicyclic) bond motifs is 2. The molecule has 4 rings (SSSR count). The summed E-state index contributed by atoms with van der Waals surface area (Å²) in [6.07, 6.45) is 3.72. The van der Waals surface area contributed by atoms with Crippen LogP contribution in [0.15, 0.2) is 61.1 Å². The third-order valence-electron chi connectivity index (χ3n) is 4.51. The Kier molecular flexibility index (Phi) is 4.31. The molecule has 0 saturated carbocycles. The van der Waals surface area contributed by atoms with Crippen molar-refractivity contribution in [3.63, 3.8) is 0 Å². The molecule has 0 bridgehead atoms. The second-order valence-electron chi connectivity index (χ2n) is 6.11. The van der Waals surface area contributed by atoms with Gasteiger partial charge in [-0.15, -0.1) is 0 Å². The molecule has 26 heavy (non-hydrogen) atoms. The maximum Gasteiger partial charge on any atom is 0.240 e. The van der Waals surface area contributed by atoms with E-state index in [0.29, 0.717) is 13.1 Å². The molecule has 1 N–H and O–H groups in total. The Bertz CT molecular complexity index is 1060. The zero-order valence-electron chi connectivity index (χ0n) is 14.6. The highest BCUT2D eigenvalue weighted by atomic mass is 16.5. The number of carbonyl (C=O) groups excluding carboxylic acids is 1. The van der Waals surface area contributed by atoms with Crippen molar-refractivity contribution in [1.29, 1.82) is 0 Å². The molecule has 2 aromatic heterocycles. The van der Waals surface area contributed by atoms with Crippen molar-refractivity contribution in [3.05, 3.63) is 61.1 Å². The molecule has 4 aromatic rings.